The van der Waals surface area contributed by atoms with Gasteiger partial charge in [0.15, 0.2) is 0 Å². The first-order valence-electron chi connectivity index (χ1n) is 9.17. The molecule has 1 aliphatic heterocycles. The number of hydrogen-bond acceptors (Lipinski definition) is 5. The summed E-state index contributed by atoms with van der Waals surface area (Å²) in [6, 6.07) is 14.5. The molecular formula is C20H26N2O4S. The molecule has 27 heavy (non-hydrogen) atoms. The lowest BCUT2D eigenvalue weighted by Gasteiger charge is -2.26. The van der Waals surface area contributed by atoms with Gasteiger partial charge >= 0.3 is 0 Å². The molecule has 0 unspecified atom stereocenters. The maximum atomic E-state index is 12.4. The highest BCUT2D eigenvalue weighted by Crippen LogP contribution is 2.16. The molecule has 3 rings (SSSR count). The Balaban J connectivity index is 1.55. The van der Waals surface area contributed by atoms with Crippen LogP contribution in [0.25, 0.3) is 0 Å². The normalized spacial score (nSPS) is 15.6. The molecule has 0 amide bonds. The fourth-order valence-corrected chi connectivity index (χ4v) is 3.94. The Hall–Kier alpha value is -1.93. The Morgan fingerprint density at radius 1 is 1.00 bits per heavy atom. The van der Waals surface area contributed by atoms with Crippen LogP contribution in [0.15, 0.2) is 53.4 Å². The number of nitrogens with zero attached hydrogens (tertiary/aromatic N) is 1. The van der Waals surface area contributed by atoms with E-state index in [1.807, 2.05) is 19.1 Å². The van der Waals surface area contributed by atoms with Crippen LogP contribution in [0.4, 0.5) is 0 Å². The highest BCUT2D eigenvalue weighted by Gasteiger charge is 2.14. The minimum atomic E-state index is -3.55. The Bertz CT molecular complexity index is 814. The van der Waals surface area contributed by atoms with Crippen LogP contribution >= 0.6 is 0 Å². The van der Waals surface area contributed by atoms with Gasteiger partial charge in [-0.15, -0.1) is 0 Å². The average Bonchev–Trinajstić information content (AvgIpc) is 2.69. The predicted octanol–water partition coefficient (Wildman–Crippen LogP) is 2.40. The fourth-order valence-electron chi connectivity index (χ4n) is 2.92. The Kier molecular flexibility index (Phi) is 6.84. The molecule has 0 aliphatic carbocycles. The number of rotatable bonds is 8. The fraction of sp³-hybridized carbons (Fsp3) is 0.400. The smallest absolute Gasteiger partial charge is 0.240 e. The molecule has 0 saturated carbocycles. The van der Waals surface area contributed by atoms with Crippen molar-refractivity contribution in [3.05, 3.63) is 59.7 Å². The van der Waals surface area contributed by atoms with Gasteiger partial charge < -0.3 is 9.47 Å². The van der Waals surface area contributed by atoms with Crippen LogP contribution in [0, 0.1) is 0 Å². The van der Waals surface area contributed by atoms with E-state index in [4.69, 9.17) is 9.47 Å². The average molecular weight is 391 g/mol. The van der Waals surface area contributed by atoms with Crippen molar-refractivity contribution in [3.63, 3.8) is 0 Å². The monoisotopic (exact) mass is 390 g/mol. The first-order chi connectivity index (χ1) is 13.1. The van der Waals surface area contributed by atoms with Gasteiger partial charge in [0.25, 0.3) is 0 Å². The first-order valence-corrected chi connectivity index (χ1v) is 10.7. The molecule has 1 aliphatic rings. The van der Waals surface area contributed by atoms with Crippen LogP contribution in [-0.4, -0.2) is 46.2 Å². The van der Waals surface area contributed by atoms with Crippen molar-refractivity contribution >= 4 is 10.0 Å². The summed E-state index contributed by atoms with van der Waals surface area (Å²) in [5.41, 5.74) is 2.14. The van der Waals surface area contributed by atoms with Gasteiger partial charge in [0.2, 0.25) is 10.0 Å². The van der Waals surface area contributed by atoms with Crippen LogP contribution in [0.3, 0.4) is 0 Å². The third-order valence-electron chi connectivity index (χ3n) is 4.44. The van der Waals surface area contributed by atoms with E-state index in [2.05, 4.69) is 21.8 Å². The van der Waals surface area contributed by atoms with E-state index in [0.717, 1.165) is 38.4 Å². The van der Waals surface area contributed by atoms with E-state index >= 15 is 0 Å². The topological polar surface area (TPSA) is 67.9 Å². The van der Waals surface area contributed by atoms with E-state index in [0.29, 0.717) is 12.4 Å². The Morgan fingerprint density at radius 2 is 1.63 bits per heavy atom. The summed E-state index contributed by atoms with van der Waals surface area (Å²) in [5.74, 6) is 0.660. The molecule has 2 aromatic rings. The van der Waals surface area contributed by atoms with Gasteiger partial charge in [0.05, 0.1) is 24.7 Å². The van der Waals surface area contributed by atoms with Crippen LogP contribution in [-0.2, 0) is 27.8 Å². The summed E-state index contributed by atoms with van der Waals surface area (Å²) in [6.45, 7) is 7.04. The standard InChI is InChI=1S/C20H26N2O4S/c1-2-26-19-7-9-20(10-8-19)27(23,24)21-15-17-3-5-18(6-4-17)16-22-11-13-25-14-12-22/h3-10,21H,2,11-16H2,1H3. The zero-order valence-electron chi connectivity index (χ0n) is 15.6. The molecule has 0 radical (unpaired) electrons. The number of ether oxygens (including phenoxy) is 2. The number of nitrogens with one attached hydrogen (secondary N) is 1. The van der Waals surface area contributed by atoms with E-state index in [9.17, 15) is 8.42 Å². The zero-order valence-corrected chi connectivity index (χ0v) is 16.4. The molecule has 2 aromatic carbocycles. The molecular weight excluding hydrogens is 364 g/mol. The van der Waals surface area contributed by atoms with E-state index in [-0.39, 0.29) is 11.4 Å². The summed E-state index contributed by atoms with van der Waals surface area (Å²) in [6.07, 6.45) is 0. The Morgan fingerprint density at radius 3 is 2.26 bits per heavy atom. The van der Waals surface area contributed by atoms with Gasteiger partial charge in [0, 0.05) is 26.2 Å². The summed E-state index contributed by atoms with van der Waals surface area (Å²) in [7, 11) is -3.55. The molecule has 0 aromatic heterocycles. The van der Waals surface area contributed by atoms with Gasteiger partial charge in [0.1, 0.15) is 5.75 Å². The molecule has 1 N–H and O–H groups in total. The summed E-state index contributed by atoms with van der Waals surface area (Å²) in [4.78, 5) is 2.59. The van der Waals surface area contributed by atoms with Crippen LogP contribution in [0.1, 0.15) is 18.1 Å². The molecule has 1 heterocycles. The van der Waals surface area contributed by atoms with E-state index in [1.165, 1.54) is 5.56 Å². The maximum Gasteiger partial charge on any atom is 0.240 e. The Labute approximate surface area is 161 Å². The van der Waals surface area contributed by atoms with Crippen molar-refractivity contribution in [2.45, 2.75) is 24.9 Å². The third-order valence-corrected chi connectivity index (χ3v) is 5.86. The molecule has 1 fully saturated rings. The quantitative estimate of drug-likeness (QED) is 0.750. The number of benzene rings is 2. The molecule has 6 nitrogen and oxygen atoms in total. The van der Waals surface area contributed by atoms with E-state index in [1.54, 1.807) is 24.3 Å². The number of sulfonamides is 1. The largest absolute Gasteiger partial charge is 0.494 e. The van der Waals surface area contributed by atoms with Crippen molar-refractivity contribution in [2.24, 2.45) is 0 Å². The van der Waals surface area contributed by atoms with Crippen LogP contribution in [0.2, 0.25) is 0 Å². The SMILES string of the molecule is CCOc1ccc(S(=O)(=O)NCc2ccc(CN3CCOCC3)cc2)cc1. The second-order valence-corrected chi connectivity index (χ2v) is 8.20. The van der Waals surface area contributed by atoms with Crippen molar-refractivity contribution in [2.75, 3.05) is 32.9 Å². The van der Waals surface area contributed by atoms with Crippen LogP contribution in [0.5, 0.6) is 5.75 Å². The molecule has 0 bridgehead atoms. The number of hydrogen-bond donors (Lipinski definition) is 1. The molecule has 0 atom stereocenters. The van der Waals surface area contributed by atoms with Gasteiger partial charge in [-0.05, 0) is 42.3 Å². The lowest BCUT2D eigenvalue weighted by Crippen LogP contribution is -2.35. The van der Waals surface area contributed by atoms with Crippen molar-refractivity contribution < 1.29 is 17.9 Å². The summed E-state index contributed by atoms with van der Waals surface area (Å²) >= 11 is 0. The summed E-state index contributed by atoms with van der Waals surface area (Å²) < 4.78 is 38.2. The molecule has 146 valence electrons. The highest BCUT2D eigenvalue weighted by molar-refractivity contribution is 7.89. The van der Waals surface area contributed by atoms with Crippen molar-refractivity contribution in [1.29, 1.82) is 0 Å². The van der Waals surface area contributed by atoms with Crippen molar-refractivity contribution in [1.82, 2.24) is 9.62 Å². The number of morpholine rings is 1. The van der Waals surface area contributed by atoms with Gasteiger partial charge in [-0.1, -0.05) is 24.3 Å². The minimum Gasteiger partial charge on any atom is -0.494 e. The van der Waals surface area contributed by atoms with Gasteiger partial charge in [-0.25, -0.2) is 13.1 Å². The van der Waals surface area contributed by atoms with Crippen LogP contribution < -0.4 is 9.46 Å². The first kappa shape index (κ1) is 19.8. The van der Waals surface area contributed by atoms with Crippen molar-refractivity contribution in [3.8, 4) is 5.75 Å². The molecule has 7 heteroatoms. The lowest BCUT2D eigenvalue weighted by molar-refractivity contribution is 0.0342. The highest BCUT2D eigenvalue weighted by atomic mass is 32.2. The minimum absolute atomic E-state index is 0.231. The lowest BCUT2D eigenvalue weighted by atomic mass is 10.1. The second kappa shape index (κ2) is 9.32. The second-order valence-electron chi connectivity index (χ2n) is 6.43. The van der Waals surface area contributed by atoms with E-state index < -0.39 is 10.0 Å². The maximum absolute atomic E-state index is 12.4. The molecule has 0 spiro atoms. The summed E-state index contributed by atoms with van der Waals surface area (Å²) in [5, 5.41) is 0. The van der Waals surface area contributed by atoms with Gasteiger partial charge in [-0.3, -0.25) is 4.90 Å². The third kappa shape index (κ3) is 5.77. The predicted molar refractivity (Wildman–Crippen MR) is 104 cm³/mol. The van der Waals surface area contributed by atoms with Gasteiger partial charge in [-0.2, -0.15) is 0 Å². The molecule has 1 saturated heterocycles. The zero-order chi connectivity index (χ0) is 19.1.